The standard InChI is InChI=1S/C28H27FN8O3/c29-21-6-2-1-4-18(21)12-33-23-7-3-5-20(23)25(31)27-34-13-24(40-17-28(14-35-38)15-39-16-28)26(37-27)36-22-8-9-32-11-19(22)10-30/h1-2,4,6,8-9,11,13,31,33H,3,5,7,12,14-17H2,(H,32,34,36,37). The molecule has 0 amide bonds. The summed E-state index contributed by atoms with van der Waals surface area (Å²) >= 11 is 0. The molecular weight excluding hydrogens is 515 g/mol. The number of nitroso groups, excluding NO2 is 1. The van der Waals surface area contributed by atoms with Crippen LogP contribution in [0.1, 0.15) is 36.2 Å². The van der Waals surface area contributed by atoms with E-state index in [1.165, 1.54) is 18.5 Å². The van der Waals surface area contributed by atoms with Crippen molar-refractivity contribution in [2.24, 2.45) is 10.6 Å². The van der Waals surface area contributed by atoms with E-state index in [0.717, 1.165) is 24.1 Å². The first-order chi connectivity index (χ1) is 19.5. The summed E-state index contributed by atoms with van der Waals surface area (Å²) in [6.45, 7) is 1.22. The Morgan fingerprint density at radius 1 is 1.25 bits per heavy atom. The first kappa shape index (κ1) is 26.8. The molecule has 1 aromatic carbocycles. The molecule has 1 aliphatic carbocycles. The van der Waals surface area contributed by atoms with Crippen molar-refractivity contribution >= 4 is 17.2 Å². The molecule has 0 spiro atoms. The number of pyridine rings is 1. The van der Waals surface area contributed by atoms with Gasteiger partial charge in [0, 0.05) is 30.2 Å². The Bertz CT molecular complexity index is 1500. The van der Waals surface area contributed by atoms with Crippen LogP contribution in [0.4, 0.5) is 15.9 Å². The minimum atomic E-state index is -0.521. The number of nitriles is 1. The first-order valence-corrected chi connectivity index (χ1v) is 12.8. The average molecular weight is 543 g/mol. The Labute approximate surface area is 230 Å². The van der Waals surface area contributed by atoms with Gasteiger partial charge in [-0.15, -0.1) is 0 Å². The third kappa shape index (κ3) is 5.79. The van der Waals surface area contributed by atoms with Crippen LogP contribution < -0.4 is 15.4 Å². The summed E-state index contributed by atoms with van der Waals surface area (Å²) in [5.41, 5.74) is 2.56. The van der Waals surface area contributed by atoms with Gasteiger partial charge in [0.2, 0.25) is 0 Å². The topological polar surface area (TPSA) is 158 Å². The van der Waals surface area contributed by atoms with Crippen molar-refractivity contribution in [3.05, 3.63) is 87.9 Å². The van der Waals surface area contributed by atoms with E-state index in [4.69, 9.17) is 14.9 Å². The van der Waals surface area contributed by atoms with Crippen molar-refractivity contribution in [2.75, 3.05) is 31.7 Å². The monoisotopic (exact) mass is 542 g/mol. The summed E-state index contributed by atoms with van der Waals surface area (Å²) in [5, 5.41) is 27.9. The number of ether oxygens (including phenoxy) is 2. The van der Waals surface area contributed by atoms with Crippen molar-refractivity contribution in [1.29, 1.82) is 10.7 Å². The lowest BCUT2D eigenvalue weighted by Crippen LogP contribution is -2.49. The number of benzene rings is 1. The fourth-order valence-corrected chi connectivity index (χ4v) is 4.58. The van der Waals surface area contributed by atoms with Crippen LogP contribution in [0.2, 0.25) is 0 Å². The molecule has 5 rings (SSSR count). The molecule has 1 aliphatic heterocycles. The molecule has 2 aliphatic rings. The molecule has 204 valence electrons. The average Bonchev–Trinajstić information content (AvgIpc) is 3.43. The Morgan fingerprint density at radius 2 is 2.10 bits per heavy atom. The van der Waals surface area contributed by atoms with Gasteiger partial charge in [0.25, 0.3) is 0 Å². The minimum absolute atomic E-state index is 0.0547. The highest BCUT2D eigenvalue weighted by Gasteiger charge is 2.40. The van der Waals surface area contributed by atoms with Gasteiger partial charge in [-0.1, -0.05) is 23.4 Å². The normalized spacial score (nSPS) is 15.6. The van der Waals surface area contributed by atoms with E-state index in [2.05, 4.69) is 36.8 Å². The predicted molar refractivity (Wildman–Crippen MR) is 145 cm³/mol. The van der Waals surface area contributed by atoms with Crippen molar-refractivity contribution in [3.8, 4) is 11.8 Å². The van der Waals surface area contributed by atoms with Crippen LogP contribution in [0, 0.1) is 32.9 Å². The number of nitrogens with zero attached hydrogens (tertiary/aromatic N) is 5. The van der Waals surface area contributed by atoms with E-state index < -0.39 is 5.41 Å². The van der Waals surface area contributed by atoms with Crippen LogP contribution in [-0.2, 0) is 11.3 Å². The minimum Gasteiger partial charge on any atom is -0.487 e. The Kier molecular flexibility index (Phi) is 8.02. The highest BCUT2D eigenvalue weighted by molar-refractivity contribution is 6.09. The van der Waals surface area contributed by atoms with E-state index in [1.807, 2.05) is 0 Å². The smallest absolute Gasteiger partial charge is 0.180 e. The number of hydrogen-bond donors (Lipinski definition) is 3. The van der Waals surface area contributed by atoms with Gasteiger partial charge in [0.05, 0.1) is 42.6 Å². The molecule has 40 heavy (non-hydrogen) atoms. The van der Waals surface area contributed by atoms with Gasteiger partial charge >= 0.3 is 0 Å². The van der Waals surface area contributed by atoms with Gasteiger partial charge in [-0.25, -0.2) is 14.4 Å². The third-order valence-electron chi connectivity index (χ3n) is 6.89. The lowest BCUT2D eigenvalue weighted by molar-refractivity contribution is -0.125. The van der Waals surface area contributed by atoms with E-state index in [0.29, 0.717) is 43.0 Å². The summed E-state index contributed by atoms with van der Waals surface area (Å²) < 4.78 is 25.4. The second-order valence-electron chi connectivity index (χ2n) is 9.76. The molecule has 2 aromatic heterocycles. The van der Waals surface area contributed by atoms with Crippen LogP contribution >= 0.6 is 0 Å². The predicted octanol–water partition coefficient (Wildman–Crippen LogP) is 4.38. The Hall–Kier alpha value is -4.76. The van der Waals surface area contributed by atoms with E-state index in [9.17, 15) is 14.6 Å². The molecule has 1 fully saturated rings. The highest BCUT2D eigenvalue weighted by atomic mass is 19.1. The number of allylic oxidation sites excluding steroid dienone is 2. The summed E-state index contributed by atoms with van der Waals surface area (Å²) in [6, 6.07) is 10.3. The van der Waals surface area contributed by atoms with Gasteiger partial charge < -0.3 is 20.1 Å². The largest absolute Gasteiger partial charge is 0.487 e. The van der Waals surface area contributed by atoms with Crippen molar-refractivity contribution in [3.63, 3.8) is 0 Å². The fourth-order valence-electron chi connectivity index (χ4n) is 4.58. The van der Waals surface area contributed by atoms with Gasteiger partial charge in [-0.05, 0) is 37.0 Å². The lowest BCUT2D eigenvalue weighted by Gasteiger charge is -2.38. The molecule has 3 heterocycles. The quantitative estimate of drug-likeness (QED) is 0.223. The Balaban J connectivity index is 1.42. The zero-order chi connectivity index (χ0) is 28.0. The molecule has 0 radical (unpaired) electrons. The molecule has 12 heteroatoms. The molecule has 3 aromatic rings. The summed E-state index contributed by atoms with van der Waals surface area (Å²) in [7, 11) is 0. The second kappa shape index (κ2) is 12.0. The van der Waals surface area contributed by atoms with Crippen molar-refractivity contribution in [2.45, 2.75) is 25.8 Å². The fraction of sp³-hybridized carbons (Fsp3) is 0.321. The lowest BCUT2D eigenvalue weighted by atomic mass is 9.87. The molecule has 0 saturated carbocycles. The summed E-state index contributed by atoms with van der Waals surface area (Å²) in [6.07, 6.45) is 6.68. The molecule has 3 N–H and O–H groups in total. The number of halogens is 1. The van der Waals surface area contributed by atoms with E-state index in [1.54, 1.807) is 30.5 Å². The van der Waals surface area contributed by atoms with Crippen molar-refractivity contribution < 1.29 is 13.9 Å². The van der Waals surface area contributed by atoms with Crippen molar-refractivity contribution in [1.82, 2.24) is 20.3 Å². The SMILES string of the molecule is N#Cc1cnccc1Nc1nc(C(=N)C2=C(NCc3ccccc3F)CCC2)ncc1OCC1(CN=O)COC1. The maximum Gasteiger partial charge on any atom is 0.180 e. The molecule has 0 atom stereocenters. The number of rotatable bonds is 12. The zero-order valence-electron chi connectivity index (χ0n) is 21.6. The number of aromatic nitrogens is 3. The van der Waals surface area contributed by atoms with Crippen LogP contribution in [0.15, 0.2) is 65.4 Å². The number of hydrogen-bond acceptors (Lipinski definition) is 11. The van der Waals surface area contributed by atoms with E-state index in [-0.39, 0.29) is 42.1 Å². The number of nitrogens with one attached hydrogen (secondary N) is 3. The van der Waals surface area contributed by atoms with E-state index >= 15 is 0 Å². The highest BCUT2D eigenvalue weighted by Crippen LogP contribution is 2.33. The first-order valence-electron chi connectivity index (χ1n) is 12.8. The van der Waals surface area contributed by atoms with Crippen LogP contribution in [0.5, 0.6) is 5.75 Å². The third-order valence-corrected chi connectivity index (χ3v) is 6.89. The zero-order valence-corrected chi connectivity index (χ0v) is 21.6. The second-order valence-corrected chi connectivity index (χ2v) is 9.76. The van der Waals surface area contributed by atoms with Crippen LogP contribution in [0.25, 0.3) is 0 Å². The molecular formula is C28H27FN8O3. The summed E-state index contributed by atoms with van der Waals surface area (Å²) in [4.78, 5) is 23.9. The molecule has 1 saturated heterocycles. The van der Waals surface area contributed by atoms with Gasteiger partial charge in [0.15, 0.2) is 17.4 Å². The van der Waals surface area contributed by atoms with Gasteiger partial charge in [-0.2, -0.15) is 10.2 Å². The Morgan fingerprint density at radius 3 is 2.85 bits per heavy atom. The number of anilines is 2. The summed E-state index contributed by atoms with van der Waals surface area (Å²) in [5.74, 6) is 0.423. The van der Waals surface area contributed by atoms with Crippen LogP contribution in [-0.4, -0.2) is 47.0 Å². The van der Waals surface area contributed by atoms with Crippen LogP contribution in [0.3, 0.4) is 0 Å². The van der Waals surface area contributed by atoms with Gasteiger partial charge in [0.1, 0.15) is 24.2 Å². The maximum atomic E-state index is 14.1. The molecule has 0 unspecified atom stereocenters. The van der Waals surface area contributed by atoms with Gasteiger partial charge in [-0.3, -0.25) is 10.4 Å². The molecule has 0 bridgehead atoms. The molecule has 11 nitrogen and oxygen atoms in total. The maximum absolute atomic E-state index is 14.1.